The summed E-state index contributed by atoms with van der Waals surface area (Å²) in [7, 11) is 0. The summed E-state index contributed by atoms with van der Waals surface area (Å²) in [6.07, 6.45) is 0. The van der Waals surface area contributed by atoms with Crippen LogP contribution in [0.2, 0.25) is 0 Å². The van der Waals surface area contributed by atoms with Gasteiger partial charge in [0.05, 0.1) is 71.3 Å². The zero-order valence-electron chi connectivity index (χ0n) is 95.8. The fourth-order valence-corrected chi connectivity index (χ4v) is 11.0. The van der Waals surface area contributed by atoms with Gasteiger partial charge in [0.25, 0.3) is 0 Å². The van der Waals surface area contributed by atoms with E-state index < -0.39 is 500 Å². The molecule has 0 aliphatic rings. The van der Waals surface area contributed by atoms with E-state index in [0.717, 1.165) is 0 Å². The van der Waals surface area contributed by atoms with Gasteiger partial charge in [0.15, 0.2) is 0 Å². The third-order valence-corrected chi connectivity index (χ3v) is 14.6. The Hall–Kier alpha value is -11.6. The van der Waals surface area contributed by atoms with Gasteiger partial charge in [-0.1, -0.05) is 272 Å². The van der Waals surface area contributed by atoms with Gasteiger partial charge in [-0.2, -0.15) is 0 Å². The van der Waals surface area contributed by atoms with Crippen molar-refractivity contribution < 1.29 is 80.1 Å². The highest BCUT2D eigenvalue weighted by Crippen LogP contribution is 2.49. The Morgan fingerprint density at radius 2 is 0.489 bits per heavy atom. The van der Waals surface area contributed by atoms with Crippen molar-refractivity contribution in [3.05, 3.63) is 314 Å². The van der Waals surface area contributed by atoms with Crippen LogP contribution in [0.1, 0.15) is 71.3 Å². The first-order chi connectivity index (χ1) is 65.3. The van der Waals surface area contributed by atoms with Crippen molar-refractivity contribution in [1.29, 1.82) is 0 Å². The quantitative estimate of drug-likeness (QED) is 0.127. The molecule has 0 atom stereocenters. The van der Waals surface area contributed by atoms with Crippen molar-refractivity contribution in [2.24, 2.45) is 0 Å². The summed E-state index contributed by atoms with van der Waals surface area (Å²) in [5.74, 6) is 0. The van der Waals surface area contributed by atoms with E-state index in [1.165, 1.54) is 0 Å². The number of fused-ring (bicyclic) bond motifs is 16. The van der Waals surface area contributed by atoms with Gasteiger partial charge in [-0.15, -0.1) is 0 Å². The summed E-state index contributed by atoms with van der Waals surface area (Å²) in [6, 6.07) is -47.0. The summed E-state index contributed by atoms with van der Waals surface area (Å²) < 4.78 is 479. The largest absolute Gasteiger partial charge is 0.456 e. The second-order valence-corrected chi connectivity index (χ2v) is 19.3. The number of furan rings is 2. The van der Waals surface area contributed by atoms with E-state index in [2.05, 4.69) is 0 Å². The highest BCUT2D eigenvalue weighted by Gasteiger charge is 2.22. The fraction of sp³-hybridized carbons (Fsp3) is 0. The van der Waals surface area contributed by atoms with Gasteiger partial charge in [-0.05, 0) is 184 Å². The molecule has 0 radical (unpaired) electrons. The monoisotopic (exact) mass is 1170 g/mol. The predicted molar refractivity (Wildman–Crippen MR) is 375 cm³/mol. The van der Waals surface area contributed by atoms with Crippen LogP contribution in [0.25, 0.3) is 186 Å². The number of hydrogen-bond acceptors (Lipinski definition) is 2. The molecule has 2 heterocycles. The average molecular weight is 1170 g/mol. The Kier molecular flexibility index (Phi) is 4.68. The Labute approximate surface area is 580 Å². The molecule has 2 heteroatoms. The van der Waals surface area contributed by atoms with Crippen LogP contribution in [0.3, 0.4) is 0 Å². The van der Waals surface area contributed by atoms with Crippen molar-refractivity contribution in [3.63, 3.8) is 0 Å². The summed E-state index contributed by atoms with van der Waals surface area (Å²) in [5.41, 5.74) is -9.74. The topological polar surface area (TPSA) is 26.3 Å². The lowest BCUT2D eigenvalue weighted by molar-refractivity contribution is 0.668. The predicted octanol–water partition coefficient (Wildman–Crippen LogP) is 24.7. The van der Waals surface area contributed by atoms with E-state index in [4.69, 9.17) is 55.4 Å². The number of para-hydroxylation sites is 2. The third kappa shape index (κ3) is 7.83. The fourth-order valence-electron chi connectivity index (χ4n) is 11.0. The molecule has 0 amide bonds. The van der Waals surface area contributed by atoms with Crippen molar-refractivity contribution in [2.45, 2.75) is 0 Å². The van der Waals surface area contributed by atoms with Crippen LogP contribution in [0, 0.1) is 0 Å². The van der Waals surface area contributed by atoms with Gasteiger partial charge in [0.2, 0.25) is 0 Å². The Balaban J connectivity index is 0.000000187. The highest BCUT2D eigenvalue weighted by molar-refractivity contribution is 6.27. The minimum atomic E-state index is -1.12. The van der Waals surface area contributed by atoms with Gasteiger partial charge < -0.3 is 8.83 Å². The van der Waals surface area contributed by atoms with Crippen LogP contribution < -0.4 is 0 Å². The smallest absolute Gasteiger partial charge is 0.135 e. The van der Waals surface area contributed by atoms with Gasteiger partial charge in [0.1, 0.15) is 22.3 Å². The molecule has 2 nitrogen and oxygen atoms in total. The lowest BCUT2D eigenvalue weighted by Crippen LogP contribution is -1.92. The standard InChI is InChI=1S/C46H28O.C40H24O/c1-2-15-34-29(11-1)23-24-30-12-10-21-35(44(30)34)31-13-9-14-32(27-31)45-37-17-3-5-19-39(37)46(40-20-6-4-18-38(40)45)33-25-26-43-41(28-33)36-16-7-8-22-42(36)47-43;1-2-12-28-25(10-1)20-21-26-11-9-18-34(38(26)28)40-32-16-5-3-14-30(32)39(31-15-4-6-17-33(31)40)27-22-23-37-35(24-27)29-13-7-8-19-36(29)41-37/h1-28H;1-24H/i1D,2D,3D,4D,5D,6D,7D,8D,9D,10D,11D,12D,13D,14D,15D,16D,17D,18D,19D,20D,21D,22D,23D,24D,25D,26D,27D,28D;1D,2D,3D,4D,5D,6D,7D,8D,9D,10D,11D,12D,13D,14D,15D,16D,17D,18D,19D,20D,21D,22D,23D,24D. The molecule has 0 saturated heterocycles. The summed E-state index contributed by atoms with van der Waals surface area (Å²) in [4.78, 5) is 0. The molecular weight excluding hydrogens is 1060 g/mol. The lowest BCUT2D eigenvalue weighted by Gasteiger charge is -2.19. The number of rotatable bonds is 5. The van der Waals surface area contributed by atoms with Crippen molar-refractivity contribution >= 4 is 130 Å². The molecule has 408 valence electrons. The number of hydrogen-bond donors (Lipinski definition) is 0. The van der Waals surface area contributed by atoms with E-state index in [1.807, 2.05) is 0 Å². The molecule has 17 aromatic carbocycles. The SMILES string of the molecule is [2H]c1c([2H])c(-c2c3c([2H])c([2H])c([2H])c([2H])c3c(-c3c([2H])c([2H])c4oc5c([2H])c([2H])c([2H])c([2H])c5c4c3[2H])c3c([2H])c([2H])c([2H])c([2H])c23)c([2H])c(-c2c([2H])c([2H])c([2H])c3c([2H])c([2H])c4c([2H])c([2H])c([2H])c([2H])c4c23)c1[2H].[2H]c1c([2H])c([2H])c2c(oc3c([2H])c([2H])c(-c4c5c([2H])c([2H])c([2H])c([2H])c5c(-c5c([2H])c([2H])c([2H])c6c([2H])c([2H])c7c([2H])c([2H])c([2H])c([2H])c7c56)c5c([2H])c([2H])c([2H])c([2H])c45)c([2H])c32)c1[2H]. The second-order valence-electron chi connectivity index (χ2n) is 19.3. The summed E-state index contributed by atoms with van der Waals surface area (Å²) >= 11 is 0. The molecule has 0 aliphatic carbocycles. The molecule has 0 saturated carbocycles. The third-order valence-electron chi connectivity index (χ3n) is 14.6. The maximum atomic E-state index is 10.0. The molecular formula is C86H52O2. The van der Waals surface area contributed by atoms with Crippen LogP contribution in [0.15, 0.2) is 323 Å². The Bertz CT molecular complexity index is 9150. The lowest BCUT2D eigenvalue weighted by atomic mass is 9.84. The van der Waals surface area contributed by atoms with Crippen LogP contribution in [-0.4, -0.2) is 0 Å². The highest BCUT2D eigenvalue weighted by atomic mass is 16.3. The molecule has 0 N–H and O–H groups in total. The molecule has 19 aromatic rings. The first-order valence-corrected chi connectivity index (χ1v) is 26.1. The zero-order valence-corrected chi connectivity index (χ0v) is 43.8. The normalized spacial score (nSPS) is 20.1. The summed E-state index contributed by atoms with van der Waals surface area (Å²) in [6.45, 7) is 0. The average Bonchev–Trinajstić information content (AvgIpc) is 0.820. The van der Waals surface area contributed by atoms with Crippen LogP contribution >= 0.6 is 0 Å². The van der Waals surface area contributed by atoms with Gasteiger partial charge in [-0.25, -0.2) is 0 Å². The maximum Gasteiger partial charge on any atom is 0.135 e. The van der Waals surface area contributed by atoms with Gasteiger partial charge in [0, 0.05) is 21.5 Å². The van der Waals surface area contributed by atoms with Crippen molar-refractivity contribution in [3.8, 4) is 55.6 Å². The van der Waals surface area contributed by atoms with Gasteiger partial charge >= 0.3 is 0 Å². The minimum absolute atomic E-state index is 0.403. The van der Waals surface area contributed by atoms with E-state index in [0.29, 0.717) is 0 Å². The molecule has 88 heavy (non-hydrogen) atoms. The first-order valence-electron chi connectivity index (χ1n) is 52.1. The maximum absolute atomic E-state index is 10.0. The van der Waals surface area contributed by atoms with E-state index in [9.17, 15) is 24.7 Å². The van der Waals surface area contributed by atoms with E-state index in [-0.39, 0.29) is 0 Å². The Morgan fingerprint density at radius 3 is 0.943 bits per heavy atom. The molecule has 2 aromatic heterocycles. The van der Waals surface area contributed by atoms with Crippen LogP contribution in [0.4, 0.5) is 0 Å². The molecule has 0 fully saturated rings. The molecule has 0 bridgehead atoms. The van der Waals surface area contributed by atoms with Crippen LogP contribution in [-0.2, 0) is 0 Å². The molecule has 0 unspecified atom stereocenters. The van der Waals surface area contributed by atoms with Crippen molar-refractivity contribution in [1.82, 2.24) is 0 Å². The number of benzene rings is 17. The van der Waals surface area contributed by atoms with Crippen LogP contribution in [0.5, 0.6) is 0 Å². The molecule has 0 aliphatic heterocycles. The van der Waals surface area contributed by atoms with Gasteiger partial charge in [-0.3, -0.25) is 0 Å². The second kappa shape index (κ2) is 20.0. The summed E-state index contributed by atoms with van der Waals surface area (Å²) in [5, 5.41) is -12.4. The zero-order chi connectivity index (χ0) is 103. The molecule has 19 rings (SSSR count). The van der Waals surface area contributed by atoms with E-state index >= 15 is 0 Å². The first kappa shape index (κ1) is 20.6. The van der Waals surface area contributed by atoms with Crippen molar-refractivity contribution in [2.75, 3.05) is 0 Å². The van der Waals surface area contributed by atoms with E-state index in [1.54, 1.807) is 0 Å². The molecule has 0 spiro atoms. The minimum Gasteiger partial charge on any atom is -0.456 e. The Morgan fingerprint density at radius 1 is 0.182 bits per heavy atom.